The zero-order chi connectivity index (χ0) is 40.1. The molecule has 0 aromatic heterocycles. The van der Waals surface area contributed by atoms with Gasteiger partial charge >= 0.3 is 5.97 Å². The van der Waals surface area contributed by atoms with Crippen molar-refractivity contribution in [3.05, 3.63) is 0 Å². The number of rotatable bonds is 25. The number of nitrogens with one attached hydrogen (secondary N) is 5. The van der Waals surface area contributed by atoms with E-state index in [0.717, 1.165) is 0 Å². The minimum absolute atomic E-state index is 0.0262. The number of hydrogen-bond acceptors (Lipinski definition) is 11. The van der Waals surface area contributed by atoms with E-state index < -0.39 is 78.3 Å². The van der Waals surface area contributed by atoms with Crippen LogP contribution in [0.15, 0.2) is 4.99 Å². The molecule has 0 aromatic rings. The molecule has 1 rings (SSSR count). The van der Waals surface area contributed by atoms with Gasteiger partial charge in [0.2, 0.25) is 35.4 Å². The lowest BCUT2D eigenvalue weighted by molar-refractivity contribution is -0.142. The molecule has 53 heavy (non-hydrogen) atoms. The van der Waals surface area contributed by atoms with Crippen LogP contribution >= 0.6 is 0 Å². The highest BCUT2D eigenvalue weighted by atomic mass is 16.4. The van der Waals surface area contributed by atoms with Crippen molar-refractivity contribution in [1.82, 2.24) is 31.5 Å². The van der Waals surface area contributed by atoms with Crippen molar-refractivity contribution >= 4 is 47.4 Å². The molecule has 20 heteroatoms. The summed E-state index contributed by atoms with van der Waals surface area (Å²) in [6, 6.07) is -6.12. The summed E-state index contributed by atoms with van der Waals surface area (Å²) in [7, 11) is 0. The highest BCUT2D eigenvalue weighted by molar-refractivity contribution is 5.96. The Morgan fingerprint density at radius 3 is 1.83 bits per heavy atom. The molecule has 6 atom stereocenters. The molecule has 0 saturated carbocycles. The molecule has 0 radical (unpaired) electrons. The number of hydrogen-bond donors (Lipinski definition) is 11. The third-order valence-electron chi connectivity index (χ3n) is 8.64. The third kappa shape index (κ3) is 17.2. The van der Waals surface area contributed by atoms with Gasteiger partial charge in [0, 0.05) is 13.1 Å². The zero-order valence-electron chi connectivity index (χ0n) is 31.2. The van der Waals surface area contributed by atoms with Crippen LogP contribution in [-0.2, 0) is 33.6 Å². The molecule has 16 N–H and O–H groups in total. The van der Waals surface area contributed by atoms with E-state index in [4.69, 9.17) is 28.7 Å². The normalized spacial score (nSPS) is 16.7. The van der Waals surface area contributed by atoms with E-state index in [1.54, 1.807) is 13.8 Å². The van der Waals surface area contributed by atoms with Gasteiger partial charge in [-0.1, -0.05) is 13.8 Å². The second kappa shape index (κ2) is 24.6. The van der Waals surface area contributed by atoms with E-state index in [1.165, 1.54) is 11.8 Å². The van der Waals surface area contributed by atoms with Crippen LogP contribution in [0.25, 0.3) is 0 Å². The molecule has 0 spiro atoms. The molecule has 1 aliphatic heterocycles. The van der Waals surface area contributed by atoms with Gasteiger partial charge in [-0.15, -0.1) is 0 Å². The molecule has 1 heterocycles. The molecule has 0 aliphatic carbocycles. The smallest absolute Gasteiger partial charge is 0.326 e. The maximum Gasteiger partial charge on any atom is 0.326 e. The Hall–Kier alpha value is -4.56. The lowest BCUT2D eigenvalue weighted by Crippen LogP contribution is -2.58. The number of nitrogens with two attached hydrogens (primary N) is 5. The summed E-state index contributed by atoms with van der Waals surface area (Å²) in [5, 5.41) is 22.6. The number of likely N-dealkylation sites (tertiary alicyclic amines) is 1. The van der Waals surface area contributed by atoms with E-state index in [1.807, 2.05) is 0 Å². The third-order valence-corrected chi connectivity index (χ3v) is 8.64. The number of guanidine groups is 1. The fraction of sp³-hybridized carbons (Fsp3) is 0.758. The summed E-state index contributed by atoms with van der Waals surface area (Å²) in [6.45, 7) is 5.64. The summed E-state index contributed by atoms with van der Waals surface area (Å²) in [5.41, 5.74) is 27.6. The second-order valence-electron chi connectivity index (χ2n) is 13.5. The van der Waals surface area contributed by atoms with Gasteiger partial charge in [0.15, 0.2) is 5.96 Å². The quantitative estimate of drug-likeness (QED) is 0.0244. The zero-order valence-corrected chi connectivity index (χ0v) is 31.2. The molecular formula is C33H62N12O8. The van der Waals surface area contributed by atoms with Crippen LogP contribution in [0.5, 0.6) is 0 Å². The molecule has 1 saturated heterocycles. The van der Waals surface area contributed by atoms with E-state index in [9.17, 15) is 38.7 Å². The van der Waals surface area contributed by atoms with Crippen LogP contribution in [0.4, 0.5) is 0 Å². The molecular weight excluding hydrogens is 692 g/mol. The SMILES string of the molecule is CC(C)[C@H](NC(=O)[C@@H]1CCCN1C(=O)[C@H](C)N)C(=O)NCC(=O)N[C@@H](CCCCN)C(=O)N[C@@H](CCCCN)C(=O)N[C@@H](CCCN=C(N)N)C(=O)O. The Labute approximate surface area is 310 Å². The highest BCUT2D eigenvalue weighted by Gasteiger charge is 2.37. The van der Waals surface area contributed by atoms with Gasteiger partial charge in [-0.2, -0.15) is 0 Å². The number of aliphatic imine (C=N–C) groups is 1. The fourth-order valence-corrected chi connectivity index (χ4v) is 5.70. The number of carboxylic acids is 1. The van der Waals surface area contributed by atoms with Gasteiger partial charge in [-0.3, -0.25) is 33.8 Å². The Morgan fingerprint density at radius 1 is 0.774 bits per heavy atom. The number of nitrogens with zero attached hydrogens (tertiary/aromatic N) is 2. The molecule has 20 nitrogen and oxygen atoms in total. The van der Waals surface area contributed by atoms with Crippen molar-refractivity contribution in [3.63, 3.8) is 0 Å². The number of carboxylic acid groups (broad SMARTS) is 1. The fourth-order valence-electron chi connectivity index (χ4n) is 5.70. The standard InChI is InChI=1S/C33H62N12O8/c1-19(2)26(44-29(49)24-13-9-17-45(24)31(51)20(3)36)30(50)40-18-25(46)41-21(10-4-6-14-34)27(47)42-22(11-5-7-15-35)28(48)43-23(32(52)53)12-8-16-39-33(37)38/h19-24,26H,4-18,34-36H2,1-3H3,(H,40,50)(H,41,46)(H,42,47)(H,43,48)(H,44,49)(H,52,53)(H4,37,38,39)/t20-,21-,22-,23-,24-,26-/m0/s1. The van der Waals surface area contributed by atoms with Gasteiger partial charge in [-0.05, 0) is 90.1 Å². The number of amides is 6. The molecule has 302 valence electrons. The van der Waals surface area contributed by atoms with Crippen molar-refractivity contribution in [2.45, 2.75) is 121 Å². The lowest BCUT2D eigenvalue weighted by Gasteiger charge is -2.28. The summed E-state index contributed by atoms with van der Waals surface area (Å²) in [5.74, 6) is -5.43. The monoisotopic (exact) mass is 754 g/mol. The Kier molecular flexibility index (Phi) is 21.6. The maximum absolute atomic E-state index is 13.5. The van der Waals surface area contributed by atoms with E-state index in [0.29, 0.717) is 58.2 Å². The summed E-state index contributed by atoms with van der Waals surface area (Å²) >= 11 is 0. The molecule has 0 aromatic carbocycles. The van der Waals surface area contributed by atoms with Gasteiger partial charge in [0.05, 0.1) is 12.6 Å². The minimum atomic E-state index is -1.28. The van der Waals surface area contributed by atoms with Crippen molar-refractivity contribution in [2.75, 3.05) is 32.7 Å². The predicted octanol–water partition coefficient (Wildman–Crippen LogP) is -3.57. The first-order valence-corrected chi connectivity index (χ1v) is 18.3. The lowest BCUT2D eigenvalue weighted by atomic mass is 10.0. The molecule has 6 amide bonds. The van der Waals surface area contributed by atoms with Gasteiger partial charge in [0.25, 0.3) is 0 Å². The topological polar surface area (TPSA) is 346 Å². The predicted molar refractivity (Wildman–Crippen MR) is 197 cm³/mol. The first-order chi connectivity index (χ1) is 25.0. The Morgan fingerprint density at radius 2 is 1.32 bits per heavy atom. The van der Waals surface area contributed by atoms with Crippen LogP contribution in [0, 0.1) is 5.92 Å². The molecule has 0 bridgehead atoms. The molecule has 1 aliphatic rings. The maximum atomic E-state index is 13.5. The van der Waals surface area contributed by atoms with Gasteiger partial charge in [0.1, 0.15) is 30.2 Å². The van der Waals surface area contributed by atoms with Crippen LogP contribution in [0.2, 0.25) is 0 Å². The number of carbonyl (C=O) groups excluding carboxylic acids is 6. The Balaban J connectivity index is 2.99. The first-order valence-electron chi connectivity index (χ1n) is 18.3. The van der Waals surface area contributed by atoms with Crippen molar-refractivity contribution in [2.24, 2.45) is 39.6 Å². The average molecular weight is 755 g/mol. The molecule has 1 fully saturated rings. The number of aliphatic carboxylic acids is 1. The van der Waals surface area contributed by atoms with E-state index >= 15 is 0 Å². The summed E-state index contributed by atoms with van der Waals surface area (Å²) in [6.07, 6.45) is 3.61. The Bertz CT molecular complexity index is 1260. The van der Waals surface area contributed by atoms with Crippen molar-refractivity contribution in [3.8, 4) is 0 Å². The van der Waals surface area contributed by atoms with Crippen LogP contribution < -0.4 is 55.3 Å². The number of unbranched alkanes of at least 4 members (excludes halogenated alkanes) is 2. The molecule has 0 unspecified atom stereocenters. The minimum Gasteiger partial charge on any atom is -0.480 e. The van der Waals surface area contributed by atoms with Crippen molar-refractivity contribution < 1.29 is 38.7 Å². The van der Waals surface area contributed by atoms with Gasteiger partial charge in [-0.25, -0.2) is 4.79 Å². The number of carbonyl (C=O) groups is 7. The largest absolute Gasteiger partial charge is 0.480 e. The van der Waals surface area contributed by atoms with Crippen LogP contribution in [0.1, 0.15) is 85.0 Å². The van der Waals surface area contributed by atoms with Gasteiger partial charge < -0.3 is 65.3 Å². The van der Waals surface area contributed by atoms with Crippen molar-refractivity contribution in [1.29, 1.82) is 0 Å². The van der Waals surface area contributed by atoms with Crippen LogP contribution in [0.3, 0.4) is 0 Å². The summed E-state index contributed by atoms with van der Waals surface area (Å²) < 4.78 is 0. The highest BCUT2D eigenvalue weighted by Crippen LogP contribution is 2.19. The van der Waals surface area contributed by atoms with Crippen LogP contribution in [-0.4, -0.2) is 126 Å². The second-order valence-corrected chi connectivity index (χ2v) is 13.5. The summed E-state index contributed by atoms with van der Waals surface area (Å²) in [4.78, 5) is 95.8. The van der Waals surface area contributed by atoms with E-state index in [2.05, 4.69) is 31.6 Å². The first kappa shape index (κ1) is 46.5. The van der Waals surface area contributed by atoms with E-state index in [-0.39, 0.29) is 50.0 Å². The average Bonchev–Trinajstić information content (AvgIpc) is 3.59.